The van der Waals surface area contributed by atoms with Gasteiger partial charge in [0.1, 0.15) is 0 Å². The smallest absolute Gasteiger partial charge is 0.225 e. The van der Waals surface area contributed by atoms with Crippen molar-refractivity contribution in [2.75, 3.05) is 33.9 Å². The van der Waals surface area contributed by atoms with Gasteiger partial charge in [-0.3, -0.25) is 4.79 Å². The quantitative estimate of drug-likeness (QED) is 0.526. The van der Waals surface area contributed by atoms with Crippen LogP contribution in [-0.4, -0.2) is 62.1 Å². The van der Waals surface area contributed by atoms with E-state index in [1.807, 2.05) is 18.2 Å². The number of hydrogen-bond acceptors (Lipinski definition) is 6. The average molecular weight is 478 g/mol. The van der Waals surface area contributed by atoms with E-state index >= 15 is 0 Å². The average Bonchev–Trinajstić information content (AvgIpc) is 3.25. The Labute approximate surface area is 201 Å². The minimum Gasteiger partial charge on any atom is -0.356 e. The minimum absolute atomic E-state index is 0.0120. The maximum absolute atomic E-state index is 12.2. The number of ether oxygens (including phenoxy) is 2. The van der Waals surface area contributed by atoms with Crippen molar-refractivity contribution >= 4 is 28.5 Å². The molecule has 2 heterocycles. The summed E-state index contributed by atoms with van der Waals surface area (Å²) in [7, 11) is 3.11. The Balaban J connectivity index is 1.15. The van der Waals surface area contributed by atoms with Crippen molar-refractivity contribution in [3.63, 3.8) is 0 Å². The molecule has 1 aliphatic heterocycles. The van der Waals surface area contributed by atoms with Crippen molar-refractivity contribution in [3.05, 3.63) is 28.9 Å². The van der Waals surface area contributed by atoms with Gasteiger partial charge in [-0.1, -0.05) is 16.8 Å². The lowest BCUT2D eigenvalue weighted by molar-refractivity contribution is -0.140. The zero-order valence-electron chi connectivity index (χ0n) is 19.7. The van der Waals surface area contributed by atoms with Crippen LogP contribution in [0.5, 0.6) is 0 Å². The number of halogens is 1. The minimum atomic E-state index is -0.466. The van der Waals surface area contributed by atoms with Gasteiger partial charge in [-0.05, 0) is 82.6 Å². The van der Waals surface area contributed by atoms with Crippen molar-refractivity contribution in [1.82, 2.24) is 15.4 Å². The third kappa shape index (κ3) is 6.47. The van der Waals surface area contributed by atoms with Crippen LogP contribution < -0.4 is 5.32 Å². The van der Waals surface area contributed by atoms with E-state index in [0.29, 0.717) is 10.9 Å². The summed E-state index contributed by atoms with van der Waals surface area (Å²) in [6.45, 7) is 3.38. The molecule has 1 amide bonds. The monoisotopic (exact) mass is 477 g/mol. The molecule has 0 spiro atoms. The Morgan fingerprint density at radius 2 is 1.91 bits per heavy atom. The number of nitrogens with zero attached hydrogens (tertiary/aromatic N) is 2. The second-order valence-corrected chi connectivity index (χ2v) is 9.94. The Morgan fingerprint density at radius 1 is 1.18 bits per heavy atom. The molecule has 1 N–H and O–H groups in total. The number of carbonyl (C=O) groups is 1. The number of piperidine rings is 1. The van der Waals surface area contributed by atoms with Gasteiger partial charge < -0.3 is 24.2 Å². The number of aromatic nitrogens is 1. The lowest BCUT2D eigenvalue weighted by Crippen LogP contribution is -2.40. The van der Waals surface area contributed by atoms with Crippen molar-refractivity contribution in [2.45, 2.75) is 69.6 Å². The third-order valence-corrected chi connectivity index (χ3v) is 7.61. The van der Waals surface area contributed by atoms with Gasteiger partial charge in [0.2, 0.25) is 5.91 Å². The fraction of sp³-hybridized carbons (Fsp3) is 0.680. The molecule has 8 heteroatoms. The molecule has 2 aromatic rings. The molecule has 7 nitrogen and oxygen atoms in total. The zero-order valence-corrected chi connectivity index (χ0v) is 20.5. The first-order chi connectivity index (χ1) is 16.1. The van der Waals surface area contributed by atoms with Crippen LogP contribution >= 0.6 is 11.6 Å². The van der Waals surface area contributed by atoms with Gasteiger partial charge in [-0.15, -0.1) is 0 Å². The molecule has 182 valence electrons. The second-order valence-electron chi connectivity index (χ2n) is 9.50. The first kappa shape index (κ1) is 24.5. The Hall–Kier alpha value is -1.67. The number of amides is 1. The van der Waals surface area contributed by atoms with E-state index in [1.165, 1.54) is 19.3 Å². The molecule has 0 atom stereocenters. The maximum Gasteiger partial charge on any atom is 0.225 e. The van der Waals surface area contributed by atoms with E-state index < -0.39 is 6.29 Å². The summed E-state index contributed by atoms with van der Waals surface area (Å²) in [5.41, 5.74) is 1.87. The van der Waals surface area contributed by atoms with E-state index in [9.17, 15) is 4.79 Å². The number of carbonyl (C=O) groups excluding carboxylic acids is 1. The molecule has 0 radical (unpaired) electrons. The highest BCUT2D eigenvalue weighted by Crippen LogP contribution is 2.34. The summed E-state index contributed by atoms with van der Waals surface area (Å²) >= 11 is 6.07. The summed E-state index contributed by atoms with van der Waals surface area (Å²) in [6, 6.07) is 6.07. The van der Waals surface area contributed by atoms with E-state index in [2.05, 4.69) is 15.4 Å². The van der Waals surface area contributed by atoms with Gasteiger partial charge in [0.15, 0.2) is 11.9 Å². The lowest BCUT2D eigenvalue weighted by atomic mass is 9.83. The third-order valence-electron chi connectivity index (χ3n) is 7.38. The Kier molecular flexibility index (Phi) is 8.63. The fourth-order valence-corrected chi connectivity index (χ4v) is 5.48. The van der Waals surface area contributed by atoms with E-state index in [-0.39, 0.29) is 18.4 Å². The van der Waals surface area contributed by atoms with Crippen LogP contribution in [0.15, 0.2) is 22.7 Å². The molecule has 33 heavy (non-hydrogen) atoms. The van der Waals surface area contributed by atoms with E-state index in [1.54, 1.807) is 14.2 Å². The highest BCUT2D eigenvalue weighted by Gasteiger charge is 2.27. The van der Waals surface area contributed by atoms with Crippen LogP contribution in [0.4, 0.5) is 0 Å². The summed E-state index contributed by atoms with van der Waals surface area (Å²) in [5, 5.41) is 9.29. The molecule has 1 aromatic heterocycles. The predicted octanol–water partition coefficient (Wildman–Crippen LogP) is 4.73. The topological polar surface area (TPSA) is 76.8 Å². The van der Waals surface area contributed by atoms with Crippen LogP contribution in [0, 0.1) is 5.92 Å². The van der Waals surface area contributed by atoms with Crippen LogP contribution in [0.25, 0.3) is 11.0 Å². The SMILES string of the molecule is COC(CC(=O)NC1CCC(CCN2CCC(c3noc4cc(Cl)ccc34)CC2)CC1)OC. The van der Waals surface area contributed by atoms with E-state index in [0.717, 1.165) is 67.9 Å². The Morgan fingerprint density at radius 3 is 2.61 bits per heavy atom. The van der Waals surface area contributed by atoms with Crippen molar-refractivity contribution < 1.29 is 18.8 Å². The van der Waals surface area contributed by atoms with Crippen molar-refractivity contribution in [1.29, 1.82) is 0 Å². The largest absolute Gasteiger partial charge is 0.356 e. The van der Waals surface area contributed by atoms with E-state index in [4.69, 9.17) is 25.6 Å². The van der Waals surface area contributed by atoms with Gasteiger partial charge in [-0.25, -0.2) is 0 Å². The highest BCUT2D eigenvalue weighted by atomic mass is 35.5. The molecule has 1 saturated carbocycles. The van der Waals surface area contributed by atoms with Gasteiger partial charge in [0.25, 0.3) is 0 Å². The maximum atomic E-state index is 12.2. The molecule has 1 saturated heterocycles. The lowest BCUT2D eigenvalue weighted by Gasteiger charge is -2.34. The molecular weight excluding hydrogens is 442 g/mol. The number of hydrogen-bond donors (Lipinski definition) is 1. The fourth-order valence-electron chi connectivity index (χ4n) is 5.32. The van der Waals surface area contributed by atoms with Crippen molar-refractivity contribution in [2.24, 2.45) is 5.92 Å². The molecule has 2 fully saturated rings. The van der Waals surface area contributed by atoms with Gasteiger partial charge in [0.05, 0.1) is 12.1 Å². The van der Waals surface area contributed by atoms with Gasteiger partial charge in [0, 0.05) is 42.7 Å². The number of methoxy groups -OCH3 is 2. The standard InChI is InChI=1S/C25H36ClN3O4/c1-31-24(32-2)16-23(30)27-20-6-3-17(4-7-20)9-12-29-13-10-18(11-14-29)25-21-8-5-19(26)15-22(21)33-28-25/h5,8,15,17-18,20,24H,3-4,6-7,9-14,16H2,1-2H3,(H,27,30). The highest BCUT2D eigenvalue weighted by molar-refractivity contribution is 6.31. The molecule has 0 unspecified atom stereocenters. The number of benzene rings is 1. The second kappa shape index (κ2) is 11.6. The molecule has 1 aliphatic carbocycles. The number of nitrogens with one attached hydrogen (secondary N) is 1. The van der Waals surface area contributed by atoms with Crippen LogP contribution in [0.2, 0.25) is 5.02 Å². The molecule has 0 bridgehead atoms. The van der Waals surface area contributed by atoms with Crippen LogP contribution in [0.1, 0.15) is 63.0 Å². The van der Waals surface area contributed by atoms with Gasteiger partial charge in [-0.2, -0.15) is 0 Å². The molecular formula is C25H36ClN3O4. The van der Waals surface area contributed by atoms with Crippen LogP contribution in [-0.2, 0) is 14.3 Å². The molecule has 1 aromatic carbocycles. The summed E-state index contributed by atoms with van der Waals surface area (Å²) < 4.78 is 15.7. The summed E-state index contributed by atoms with van der Waals surface area (Å²) in [6.07, 6.45) is 7.76. The zero-order chi connectivity index (χ0) is 23.2. The number of fused-ring (bicyclic) bond motifs is 1. The Bertz CT molecular complexity index is 900. The number of likely N-dealkylation sites (tertiary alicyclic amines) is 1. The summed E-state index contributed by atoms with van der Waals surface area (Å²) in [5.74, 6) is 1.22. The summed E-state index contributed by atoms with van der Waals surface area (Å²) in [4.78, 5) is 14.8. The predicted molar refractivity (Wildman–Crippen MR) is 128 cm³/mol. The van der Waals surface area contributed by atoms with Gasteiger partial charge >= 0.3 is 0 Å². The molecule has 2 aliphatic rings. The first-order valence-electron chi connectivity index (χ1n) is 12.2. The molecule has 4 rings (SSSR count). The first-order valence-corrected chi connectivity index (χ1v) is 12.6. The number of rotatable bonds is 9. The normalized spacial score (nSPS) is 22.8. The van der Waals surface area contributed by atoms with Crippen LogP contribution in [0.3, 0.4) is 0 Å². The van der Waals surface area contributed by atoms with Crippen molar-refractivity contribution in [3.8, 4) is 0 Å².